The van der Waals surface area contributed by atoms with Crippen molar-refractivity contribution in [1.82, 2.24) is 0 Å². The zero-order chi connectivity index (χ0) is 14.7. The quantitative estimate of drug-likeness (QED) is 0.847. The summed E-state index contributed by atoms with van der Waals surface area (Å²) in [6.07, 6.45) is 0. The highest BCUT2D eigenvalue weighted by atomic mass is 35.5. The van der Waals surface area contributed by atoms with E-state index in [0.29, 0.717) is 10.0 Å². The van der Waals surface area contributed by atoms with E-state index in [9.17, 15) is 0 Å². The van der Waals surface area contributed by atoms with Crippen molar-refractivity contribution in [2.24, 2.45) is 5.73 Å². The number of hydrogen-bond acceptors (Lipinski definition) is 2. The van der Waals surface area contributed by atoms with Crippen molar-refractivity contribution in [2.45, 2.75) is 13.8 Å². The molecule has 0 atom stereocenters. The van der Waals surface area contributed by atoms with Crippen LogP contribution >= 0.6 is 23.8 Å². The molecule has 0 unspecified atom stereocenters. The molecule has 2 nitrogen and oxygen atoms in total. The molecule has 2 aromatic carbocycles. The third-order valence-corrected chi connectivity index (χ3v) is 3.63. The number of hydrogen-bond donors (Lipinski definition) is 1. The molecule has 0 radical (unpaired) electrons. The van der Waals surface area contributed by atoms with Gasteiger partial charge in [0.1, 0.15) is 4.99 Å². The zero-order valence-corrected chi connectivity index (χ0v) is 13.1. The second-order valence-electron chi connectivity index (χ2n) is 4.61. The molecule has 2 N–H and O–H groups in total. The van der Waals surface area contributed by atoms with E-state index in [1.54, 1.807) is 0 Å². The molecule has 0 aliphatic carbocycles. The van der Waals surface area contributed by atoms with Crippen molar-refractivity contribution in [3.05, 3.63) is 58.6 Å². The Balaban J connectivity index is 2.53. The van der Waals surface area contributed by atoms with Gasteiger partial charge in [-0.2, -0.15) is 0 Å². The highest BCUT2D eigenvalue weighted by molar-refractivity contribution is 7.80. The Morgan fingerprint density at radius 1 is 1.20 bits per heavy atom. The van der Waals surface area contributed by atoms with E-state index in [4.69, 9.17) is 29.6 Å². The Morgan fingerprint density at radius 3 is 2.40 bits per heavy atom. The first-order chi connectivity index (χ1) is 9.52. The number of aryl methyl sites for hydroxylation is 1. The smallest absolute Gasteiger partial charge is 0.106 e. The molecule has 0 spiro atoms. The maximum atomic E-state index is 6.12. The number of anilines is 2. The van der Waals surface area contributed by atoms with Crippen molar-refractivity contribution in [3.8, 4) is 0 Å². The minimum Gasteiger partial charge on any atom is -0.389 e. The van der Waals surface area contributed by atoms with Crippen molar-refractivity contribution in [2.75, 3.05) is 11.4 Å². The van der Waals surface area contributed by atoms with E-state index < -0.39 is 0 Å². The van der Waals surface area contributed by atoms with Crippen LogP contribution in [-0.4, -0.2) is 11.5 Å². The van der Waals surface area contributed by atoms with Gasteiger partial charge >= 0.3 is 0 Å². The zero-order valence-electron chi connectivity index (χ0n) is 11.6. The van der Waals surface area contributed by atoms with E-state index in [0.717, 1.165) is 23.5 Å². The van der Waals surface area contributed by atoms with Crippen molar-refractivity contribution in [1.29, 1.82) is 0 Å². The first kappa shape index (κ1) is 14.8. The lowest BCUT2D eigenvalue weighted by Crippen LogP contribution is -2.21. The Morgan fingerprint density at radius 2 is 1.85 bits per heavy atom. The monoisotopic (exact) mass is 304 g/mol. The van der Waals surface area contributed by atoms with Gasteiger partial charge in [0.25, 0.3) is 0 Å². The molecule has 0 fully saturated rings. The fourth-order valence-electron chi connectivity index (χ4n) is 2.15. The van der Waals surface area contributed by atoms with Gasteiger partial charge in [-0.25, -0.2) is 0 Å². The number of halogens is 1. The molecule has 2 aromatic rings. The van der Waals surface area contributed by atoms with Gasteiger partial charge in [0.05, 0.1) is 5.69 Å². The van der Waals surface area contributed by atoms with Crippen LogP contribution in [0.25, 0.3) is 0 Å². The minimum absolute atomic E-state index is 0.377. The number of nitrogens with zero attached hydrogens (tertiary/aromatic N) is 1. The lowest BCUT2D eigenvalue weighted by Gasteiger charge is -2.26. The Kier molecular flexibility index (Phi) is 4.63. The fraction of sp³-hybridized carbons (Fsp3) is 0.188. The summed E-state index contributed by atoms with van der Waals surface area (Å²) >= 11 is 11.3. The SMILES string of the molecule is CCN(c1ccc(C)cc1)c1cc(Cl)ccc1C(N)=S. The van der Waals surface area contributed by atoms with Gasteiger partial charge in [0.2, 0.25) is 0 Å². The van der Waals surface area contributed by atoms with Gasteiger partial charge < -0.3 is 10.6 Å². The van der Waals surface area contributed by atoms with Crippen LogP contribution in [-0.2, 0) is 0 Å². The van der Waals surface area contributed by atoms with Crippen LogP contribution in [0.15, 0.2) is 42.5 Å². The molecule has 0 heterocycles. The van der Waals surface area contributed by atoms with Crippen LogP contribution in [0.4, 0.5) is 11.4 Å². The van der Waals surface area contributed by atoms with Crippen LogP contribution in [0.3, 0.4) is 0 Å². The van der Waals surface area contributed by atoms with Gasteiger partial charge in [-0.3, -0.25) is 0 Å². The average molecular weight is 305 g/mol. The molecule has 0 aromatic heterocycles. The van der Waals surface area contributed by atoms with E-state index in [-0.39, 0.29) is 0 Å². The summed E-state index contributed by atoms with van der Waals surface area (Å²) in [4.78, 5) is 2.53. The molecule has 20 heavy (non-hydrogen) atoms. The van der Waals surface area contributed by atoms with E-state index >= 15 is 0 Å². The third-order valence-electron chi connectivity index (χ3n) is 3.18. The highest BCUT2D eigenvalue weighted by Gasteiger charge is 2.14. The fourth-order valence-corrected chi connectivity index (χ4v) is 2.49. The predicted octanol–water partition coefficient (Wildman–Crippen LogP) is 4.44. The minimum atomic E-state index is 0.377. The van der Waals surface area contributed by atoms with E-state index in [1.165, 1.54) is 5.56 Å². The number of rotatable bonds is 4. The highest BCUT2D eigenvalue weighted by Crippen LogP contribution is 2.31. The third kappa shape index (κ3) is 3.11. The van der Waals surface area contributed by atoms with E-state index in [1.807, 2.05) is 18.2 Å². The Hall–Kier alpha value is -1.58. The molecule has 0 aliphatic heterocycles. The largest absolute Gasteiger partial charge is 0.389 e. The molecule has 2 rings (SSSR count). The summed E-state index contributed by atoms with van der Waals surface area (Å²) in [6, 6.07) is 13.9. The molecular weight excluding hydrogens is 288 g/mol. The molecule has 0 aliphatic rings. The van der Waals surface area contributed by atoms with Gasteiger partial charge in [0, 0.05) is 22.8 Å². The van der Waals surface area contributed by atoms with Crippen LogP contribution in [0.1, 0.15) is 18.1 Å². The second-order valence-corrected chi connectivity index (χ2v) is 5.48. The van der Waals surface area contributed by atoms with Gasteiger partial charge in [0.15, 0.2) is 0 Å². The first-order valence-electron chi connectivity index (χ1n) is 6.46. The molecule has 0 bridgehead atoms. The first-order valence-corrected chi connectivity index (χ1v) is 7.25. The lowest BCUT2D eigenvalue weighted by molar-refractivity contribution is 1.02. The van der Waals surface area contributed by atoms with Crippen molar-refractivity contribution < 1.29 is 0 Å². The number of benzene rings is 2. The predicted molar refractivity (Wildman–Crippen MR) is 91.2 cm³/mol. The molecule has 0 amide bonds. The Bertz CT molecular complexity index is 623. The molecule has 0 saturated carbocycles. The van der Waals surface area contributed by atoms with Crippen LogP contribution in [0.2, 0.25) is 5.02 Å². The Labute approximate surface area is 130 Å². The van der Waals surface area contributed by atoms with Crippen molar-refractivity contribution >= 4 is 40.2 Å². The summed E-state index contributed by atoms with van der Waals surface area (Å²) in [5, 5.41) is 0.672. The normalized spacial score (nSPS) is 10.3. The summed E-state index contributed by atoms with van der Waals surface area (Å²) in [7, 11) is 0. The maximum absolute atomic E-state index is 6.12. The maximum Gasteiger partial charge on any atom is 0.106 e. The van der Waals surface area contributed by atoms with E-state index in [2.05, 4.69) is 43.0 Å². The van der Waals surface area contributed by atoms with Gasteiger partial charge in [-0.15, -0.1) is 0 Å². The van der Waals surface area contributed by atoms with Crippen LogP contribution in [0.5, 0.6) is 0 Å². The lowest BCUT2D eigenvalue weighted by atomic mass is 10.1. The number of thiocarbonyl (C=S) groups is 1. The summed E-state index contributed by atoms with van der Waals surface area (Å²) in [5.74, 6) is 0. The van der Waals surface area contributed by atoms with Crippen LogP contribution < -0.4 is 10.6 Å². The molecular formula is C16H17ClN2S. The second kappa shape index (κ2) is 6.25. The van der Waals surface area contributed by atoms with Crippen molar-refractivity contribution in [3.63, 3.8) is 0 Å². The summed E-state index contributed by atoms with van der Waals surface area (Å²) in [5.41, 5.74) is 9.92. The van der Waals surface area contributed by atoms with Gasteiger partial charge in [-0.05, 0) is 44.2 Å². The topological polar surface area (TPSA) is 29.3 Å². The molecule has 4 heteroatoms. The van der Waals surface area contributed by atoms with Gasteiger partial charge in [-0.1, -0.05) is 41.5 Å². The number of nitrogens with two attached hydrogens (primary N) is 1. The van der Waals surface area contributed by atoms with Crippen LogP contribution in [0, 0.1) is 6.92 Å². The molecule has 0 saturated heterocycles. The average Bonchev–Trinajstić information content (AvgIpc) is 2.41. The molecule has 104 valence electrons. The summed E-state index contributed by atoms with van der Waals surface area (Å²) in [6.45, 7) is 4.96. The standard InChI is InChI=1S/C16H17ClN2S/c1-3-19(13-7-4-11(2)5-8-13)15-10-12(17)6-9-14(15)16(18)20/h4-10H,3H2,1-2H3,(H2,18,20). The summed E-state index contributed by atoms with van der Waals surface area (Å²) < 4.78 is 0.